The van der Waals surface area contributed by atoms with Crippen LogP contribution in [-0.2, 0) is 19.1 Å². The van der Waals surface area contributed by atoms with E-state index in [-0.39, 0.29) is 19.2 Å². The molecule has 9 heteroatoms. The van der Waals surface area contributed by atoms with Gasteiger partial charge in [-0.15, -0.1) is 0 Å². The molecule has 2 aromatic carbocycles. The third kappa shape index (κ3) is 5.51. The average molecular weight is 437 g/mol. The molecule has 4 N–H and O–H groups in total. The summed E-state index contributed by atoms with van der Waals surface area (Å²) in [5.41, 5.74) is 4.40. The number of hydrogen-bond acceptors (Lipinski definition) is 5. The quantitative estimate of drug-likeness (QED) is 0.367. The van der Waals surface area contributed by atoms with E-state index in [2.05, 4.69) is 16.0 Å². The number of benzene rings is 2. The molecule has 2 aromatic rings. The van der Waals surface area contributed by atoms with Crippen LogP contribution < -0.4 is 16.0 Å². The van der Waals surface area contributed by atoms with E-state index in [1.165, 1.54) is 6.92 Å². The maximum atomic E-state index is 12.2. The van der Waals surface area contributed by atoms with Crippen molar-refractivity contribution in [2.45, 2.75) is 18.9 Å². The smallest absolute Gasteiger partial charge is 0.407 e. The maximum Gasteiger partial charge on any atom is 0.407 e. The highest BCUT2D eigenvalue weighted by molar-refractivity contribution is 5.94. The van der Waals surface area contributed by atoms with E-state index >= 15 is 0 Å². The van der Waals surface area contributed by atoms with Crippen LogP contribution in [0.4, 0.5) is 4.79 Å². The molecule has 0 fully saturated rings. The molecule has 0 bridgehead atoms. The number of carboxylic acid groups (broad SMARTS) is 1. The van der Waals surface area contributed by atoms with Crippen molar-refractivity contribution >= 4 is 23.9 Å². The second kappa shape index (κ2) is 10.3. The summed E-state index contributed by atoms with van der Waals surface area (Å²) in [6.45, 7) is 1.38. The van der Waals surface area contributed by atoms with Gasteiger partial charge >= 0.3 is 12.1 Å². The summed E-state index contributed by atoms with van der Waals surface area (Å²) in [6.07, 6.45) is 0.772. The molecule has 1 aliphatic carbocycles. The molecule has 1 atom stereocenters. The van der Waals surface area contributed by atoms with Gasteiger partial charge < -0.3 is 25.8 Å². The normalized spacial score (nSPS) is 13.0. The lowest BCUT2D eigenvalue weighted by Gasteiger charge is -2.17. The van der Waals surface area contributed by atoms with E-state index in [0.717, 1.165) is 28.3 Å². The molecule has 1 aliphatic rings. The number of nitrogens with one attached hydrogen (secondary N) is 3. The minimum atomic E-state index is -1.26. The van der Waals surface area contributed by atoms with Crippen LogP contribution in [-0.4, -0.2) is 48.3 Å². The van der Waals surface area contributed by atoms with Gasteiger partial charge in [0.25, 0.3) is 0 Å². The predicted molar refractivity (Wildman–Crippen MR) is 116 cm³/mol. The zero-order chi connectivity index (χ0) is 23.1. The Morgan fingerprint density at radius 1 is 0.969 bits per heavy atom. The van der Waals surface area contributed by atoms with Crippen molar-refractivity contribution in [1.82, 2.24) is 16.0 Å². The highest BCUT2D eigenvalue weighted by Gasteiger charge is 2.29. The van der Waals surface area contributed by atoms with Gasteiger partial charge in [-0.05, 0) is 29.2 Å². The molecule has 3 rings (SSSR count). The van der Waals surface area contributed by atoms with Crippen LogP contribution in [0.25, 0.3) is 11.1 Å². The molecule has 0 saturated carbocycles. The van der Waals surface area contributed by atoms with Crippen LogP contribution in [0.3, 0.4) is 0 Å². The van der Waals surface area contributed by atoms with E-state index < -0.39 is 29.9 Å². The Kier molecular flexibility index (Phi) is 7.22. The summed E-state index contributed by atoms with van der Waals surface area (Å²) in [7, 11) is 0. The first-order valence-corrected chi connectivity index (χ1v) is 9.95. The van der Waals surface area contributed by atoms with Crippen molar-refractivity contribution in [3.63, 3.8) is 0 Å². The zero-order valence-corrected chi connectivity index (χ0v) is 17.3. The molecule has 0 aromatic heterocycles. The van der Waals surface area contributed by atoms with Crippen molar-refractivity contribution in [1.29, 1.82) is 0 Å². The molecule has 0 heterocycles. The van der Waals surface area contributed by atoms with Crippen LogP contribution >= 0.6 is 0 Å². The summed E-state index contributed by atoms with van der Waals surface area (Å²) >= 11 is 0. The van der Waals surface area contributed by atoms with Gasteiger partial charge in [0, 0.05) is 18.1 Å². The largest absolute Gasteiger partial charge is 0.478 e. The maximum absolute atomic E-state index is 12.2. The van der Waals surface area contributed by atoms with Gasteiger partial charge in [0.1, 0.15) is 12.6 Å². The third-order valence-corrected chi connectivity index (χ3v) is 4.97. The molecule has 0 saturated heterocycles. The van der Waals surface area contributed by atoms with Crippen LogP contribution in [0, 0.1) is 0 Å². The van der Waals surface area contributed by atoms with E-state index in [9.17, 15) is 19.2 Å². The van der Waals surface area contributed by atoms with Gasteiger partial charge in [-0.25, -0.2) is 9.59 Å². The molecule has 0 spiro atoms. The van der Waals surface area contributed by atoms with Gasteiger partial charge in [-0.2, -0.15) is 0 Å². The number of hydrogen-bond donors (Lipinski definition) is 4. The number of carboxylic acids is 1. The van der Waals surface area contributed by atoms with Gasteiger partial charge in [0.2, 0.25) is 11.8 Å². The highest BCUT2D eigenvalue weighted by Crippen LogP contribution is 2.44. The standard InChI is InChI=1S/C23H23N3O6/c1-14(22(30)25-13-24-20(27)10-11-21(28)29)26-23(31)32-12-19-17-8-4-2-6-15(17)16-7-3-5-9-18(16)19/h2-11,14,19H,12-13H2,1H3,(H,24,27)(H,25,30)(H,26,31)(H,28,29)/b11-10+/t14-/m0/s1. The number of carbonyl (C=O) groups is 4. The average Bonchev–Trinajstić information content (AvgIpc) is 3.10. The Labute approximate surface area is 184 Å². The van der Waals surface area contributed by atoms with E-state index in [1.807, 2.05) is 48.5 Å². The zero-order valence-electron chi connectivity index (χ0n) is 17.3. The van der Waals surface area contributed by atoms with Crippen molar-refractivity contribution in [2.24, 2.45) is 0 Å². The van der Waals surface area contributed by atoms with Crippen molar-refractivity contribution in [2.75, 3.05) is 13.3 Å². The molecular formula is C23H23N3O6. The van der Waals surface area contributed by atoms with Crippen molar-refractivity contribution in [3.8, 4) is 11.1 Å². The number of alkyl carbamates (subject to hydrolysis) is 1. The molecule has 3 amide bonds. The number of aliphatic carboxylic acids is 1. The Bertz CT molecular complexity index is 1020. The fourth-order valence-corrected chi connectivity index (χ4v) is 3.46. The Morgan fingerprint density at radius 2 is 1.56 bits per heavy atom. The number of amides is 3. The summed E-state index contributed by atoms with van der Waals surface area (Å²) < 4.78 is 5.39. The third-order valence-electron chi connectivity index (χ3n) is 4.97. The lowest BCUT2D eigenvalue weighted by atomic mass is 9.98. The molecular weight excluding hydrogens is 414 g/mol. The molecule has 0 radical (unpaired) electrons. The van der Waals surface area contributed by atoms with Crippen molar-refractivity contribution < 1.29 is 29.0 Å². The number of rotatable bonds is 8. The fourth-order valence-electron chi connectivity index (χ4n) is 3.46. The predicted octanol–water partition coefficient (Wildman–Crippen LogP) is 1.74. The fraction of sp³-hybridized carbons (Fsp3) is 0.217. The lowest BCUT2D eigenvalue weighted by Crippen LogP contribution is -2.48. The van der Waals surface area contributed by atoms with Gasteiger partial charge in [0.15, 0.2) is 0 Å². The Hall–Kier alpha value is -4.14. The molecule has 166 valence electrons. The second-order valence-corrected chi connectivity index (χ2v) is 7.12. The number of fused-ring (bicyclic) bond motifs is 3. The van der Waals surface area contributed by atoms with E-state index in [0.29, 0.717) is 6.08 Å². The molecule has 0 unspecified atom stereocenters. The lowest BCUT2D eigenvalue weighted by molar-refractivity contribution is -0.131. The van der Waals surface area contributed by atoms with E-state index in [4.69, 9.17) is 9.84 Å². The monoisotopic (exact) mass is 437 g/mol. The van der Waals surface area contributed by atoms with Crippen LogP contribution in [0.15, 0.2) is 60.7 Å². The topological polar surface area (TPSA) is 134 Å². The Balaban J connectivity index is 1.47. The van der Waals surface area contributed by atoms with Gasteiger partial charge in [-0.1, -0.05) is 48.5 Å². The Morgan fingerprint density at radius 3 is 2.16 bits per heavy atom. The summed E-state index contributed by atoms with van der Waals surface area (Å²) in [6, 6.07) is 15.0. The van der Waals surface area contributed by atoms with Gasteiger partial charge in [-0.3, -0.25) is 9.59 Å². The molecule has 32 heavy (non-hydrogen) atoms. The van der Waals surface area contributed by atoms with Crippen LogP contribution in [0.2, 0.25) is 0 Å². The molecule has 9 nitrogen and oxygen atoms in total. The van der Waals surface area contributed by atoms with Crippen LogP contribution in [0.1, 0.15) is 24.0 Å². The number of carbonyl (C=O) groups excluding carboxylic acids is 3. The first-order valence-electron chi connectivity index (χ1n) is 9.95. The summed E-state index contributed by atoms with van der Waals surface area (Å²) in [5.74, 6) is -2.57. The molecule has 0 aliphatic heterocycles. The first kappa shape index (κ1) is 22.5. The van der Waals surface area contributed by atoms with Crippen molar-refractivity contribution in [3.05, 3.63) is 71.8 Å². The minimum Gasteiger partial charge on any atom is -0.478 e. The first-order chi connectivity index (χ1) is 15.4. The van der Waals surface area contributed by atoms with Gasteiger partial charge in [0.05, 0.1) is 6.67 Å². The minimum absolute atomic E-state index is 0.0913. The highest BCUT2D eigenvalue weighted by atomic mass is 16.5. The second-order valence-electron chi connectivity index (χ2n) is 7.12. The summed E-state index contributed by atoms with van der Waals surface area (Å²) in [5, 5.41) is 15.6. The number of ether oxygens (including phenoxy) is 1. The van der Waals surface area contributed by atoms with Crippen LogP contribution in [0.5, 0.6) is 0 Å². The van der Waals surface area contributed by atoms with E-state index in [1.54, 1.807) is 0 Å². The SMILES string of the molecule is C[C@H](NC(=O)OCC1c2ccccc2-c2ccccc21)C(=O)NCNC(=O)/C=C/C(=O)O. The summed E-state index contributed by atoms with van der Waals surface area (Å²) in [4.78, 5) is 46.0.